The van der Waals surface area contributed by atoms with Crippen molar-refractivity contribution in [2.75, 3.05) is 18.1 Å². The topological polar surface area (TPSA) is 100.0 Å². The lowest BCUT2D eigenvalue weighted by atomic mass is 10.2. The van der Waals surface area contributed by atoms with Crippen molar-refractivity contribution in [1.29, 1.82) is 0 Å². The molecule has 0 bridgehead atoms. The van der Waals surface area contributed by atoms with E-state index in [9.17, 15) is 14.4 Å². The number of carbonyl (C=O) groups is 2. The van der Waals surface area contributed by atoms with Crippen molar-refractivity contribution in [3.05, 3.63) is 22.7 Å². The van der Waals surface area contributed by atoms with Crippen LogP contribution in [-0.2, 0) is 14.2 Å². The molecule has 0 aromatic carbocycles. The van der Waals surface area contributed by atoms with Gasteiger partial charge in [0.15, 0.2) is 5.82 Å². The van der Waals surface area contributed by atoms with Crippen molar-refractivity contribution in [2.45, 2.75) is 84.5 Å². The van der Waals surface area contributed by atoms with Crippen molar-refractivity contribution in [2.24, 2.45) is 0 Å². The highest BCUT2D eigenvalue weighted by atomic mass is 16.6. The highest BCUT2D eigenvalue weighted by molar-refractivity contribution is 6.08. The van der Waals surface area contributed by atoms with Gasteiger partial charge in [0.05, 0.1) is 19.3 Å². The number of hydrogen-bond donors (Lipinski definition) is 0. The van der Waals surface area contributed by atoms with Gasteiger partial charge in [-0.25, -0.2) is 14.4 Å². The molecule has 1 aliphatic heterocycles. The Hall–Kier alpha value is -2.42. The minimum Gasteiger partial charge on any atom is -0.449 e. The number of carbonyl (C=O) groups excluding carboxylic acids is 2. The number of nitrogens with zero attached hydrogens (tertiary/aromatic N) is 3. The third kappa shape index (κ3) is 6.83. The van der Waals surface area contributed by atoms with Crippen LogP contribution in [0.25, 0.3) is 0 Å². The largest absolute Gasteiger partial charge is 0.449 e. The molecule has 1 aromatic heterocycles. The van der Waals surface area contributed by atoms with Crippen LogP contribution in [0.4, 0.5) is 15.4 Å². The summed E-state index contributed by atoms with van der Waals surface area (Å²) >= 11 is 0. The van der Waals surface area contributed by atoms with Gasteiger partial charge < -0.3 is 14.2 Å². The molecule has 0 spiro atoms. The van der Waals surface area contributed by atoms with Gasteiger partial charge >= 0.3 is 17.9 Å². The van der Waals surface area contributed by atoms with Gasteiger partial charge in [-0.3, -0.25) is 4.57 Å². The quantitative estimate of drug-likeness (QED) is 0.514. The second-order valence-electron chi connectivity index (χ2n) is 7.43. The highest BCUT2D eigenvalue weighted by Crippen LogP contribution is 2.26. The van der Waals surface area contributed by atoms with Crippen molar-refractivity contribution < 1.29 is 23.8 Å². The van der Waals surface area contributed by atoms with E-state index in [4.69, 9.17) is 14.2 Å². The molecule has 0 N–H and O–H groups in total. The van der Waals surface area contributed by atoms with Gasteiger partial charge in [-0.2, -0.15) is 9.88 Å². The van der Waals surface area contributed by atoms with E-state index in [1.807, 2.05) is 20.8 Å². The molecule has 1 aliphatic rings. The smallest absolute Gasteiger partial charge is 0.425 e. The second kappa shape index (κ2) is 12.3. The molecule has 9 heteroatoms. The summed E-state index contributed by atoms with van der Waals surface area (Å²) in [7, 11) is 0. The Labute approximate surface area is 177 Å². The number of imide groups is 1. The molecule has 0 saturated carbocycles. The summed E-state index contributed by atoms with van der Waals surface area (Å²) in [5.74, 6) is -0.122. The van der Waals surface area contributed by atoms with E-state index >= 15 is 0 Å². The molecule has 2 atom stereocenters. The summed E-state index contributed by atoms with van der Waals surface area (Å²) in [4.78, 5) is 42.3. The van der Waals surface area contributed by atoms with E-state index in [2.05, 4.69) is 4.98 Å². The van der Waals surface area contributed by atoms with Crippen LogP contribution in [-0.4, -0.2) is 41.1 Å². The lowest BCUT2D eigenvalue weighted by Crippen LogP contribution is -2.40. The summed E-state index contributed by atoms with van der Waals surface area (Å²) in [6.45, 7) is 6.37. The first-order valence-electron chi connectivity index (χ1n) is 10.9. The molecular weight excluding hydrogens is 390 g/mol. The molecule has 0 aliphatic carbocycles. The van der Waals surface area contributed by atoms with Gasteiger partial charge in [-0.1, -0.05) is 39.5 Å². The average molecular weight is 424 g/mol. The maximum Gasteiger partial charge on any atom is 0.425 e. The van der Waals surface area contributed by atoms with E-state index in [1.54, 1.807) is 0 Å². The Morgan fingerprint density at radius 1 is 1.10 bits per heavy atom. The molecule has 2 amide bonds. The Morgan fingerprint density at radius 2 is 1.70 bits per heavy atom. The summed E-state index contributed by atoms with van der Waals surface area (Å²) in [5, 5.41) is 0. The van der Waals surface area contributed by atoms with Crippen LogP contribution in [0.3, 0.4) is 0 Å². The zero-order chi connectivity index (χ0) is 21.9. The number of aromatic nitrogens is 2. The monoisotopic (exact) mass is 423 g/mol. The molecule has 0 radical (unpaired) electrons. The fraction of sp³-hybridized carbons (Fsp3) is 0.714. The molecule has 1 fully saturated rings. The Balaban J connectivity index is 2.15. The van der Waals surface area contributed by atoms with E-state index < -0.39 is 24.1 Å². The highest BCUT2D eigenvalue weighted by Gasteiger charge is 2.30. The van der Waals surface area contributed by atoms with Crippen LogP contribution in [0.1, 0.15) is 78.4 Å². The summed E-state index contributed by atoms with van der Waals surface area (Å²) in [5.41, 5.74) is -0.603. The number of hydrogen-bond acceptors (Lipinski definition) is 7. The molecule has 168 valence electrons. The maximum absolute atomic E-state index is 12.6. The zero-order valence-electron chi connectivity index (χ0n) is 18.2. The van der Waals surface area contributed by atoms with Gasteiger partial charge in [0.2, 0.25) is 0 Å². The molecule has 9 nitrogen and oxygen atoms in total. The van der Waals surface area contributed by atoms with Gasteiger partial charge in [-0.05, 0) is 38.7 Å². The predicted molar refractivity (Wildman–Crippen MR) is 112 cm³/mol. The Kier molecular flexibility index (Phi) is 9.79. The second-order valence-corrected chi connectivity index (χ2v) is 7.43. The van der Waals surface area contributed by atoms with E-state index in [0.29, 0.717) is 24.2 Å². The number of rotatable bonds is 10. The van der Waals surface area contributed by atoms with E-state index in [0.717, 1.165) is 32.1 Å². The number of unbranched alkanes of at least 4 members (excludes halogenated alkanes) is 4. The van der Waals surface area contributed by atoms with Crippen LogP contribution in [0, 0.1) is 0 Å². The number of anilines is 1. The molecular formula is C21H33N3O6. The summed E-state index contributed by atoms with van der Waals surface area (Å²) < 4.78 is 17.5. The fourth-order valence-electron chi connectivity index (χ4n) is 3.15. The first kappa shape index (κ1) is 23.9. The number of amides is 2. The fourth-order valence-corrected chi connectivity index (χ4v) is 3.15. The minimum absolute atomic E-state index is 0.0641. The van der Waals surface area contributed by atoms with Crippen LogP contribution >= 0.6 is 0 Å². The van der Waals surface area contributed by atoms with Gasteiger partial charge in [0, 0.05) is 6.20 Å². The van der Waals surface area contributed by atoms with Gasteiger partial charge in [0.1, 0.15) is 6.23 Å². The lowest BCUT2D eigenvalue weighted by Gasteiger charge is -2.20. The Morgan fingerprint density at radius 3 is 2.17 bits per heavy atom. The van der Waals surface area contributed by atoms with E-state index in [-0.39, 0.29) is 25.1 Å². The standard InChI is InChI=1S/C21H33N3O6/c1-4-6-8-14-28-20(26)24(21(27)29-15-9-7-5-2)17-12-13-23(19(25)22-17)18-11-10-16(3)30-18/h12-13,16,18H,4-11,14-15H2,1-3H3/t16-,18-/m1/s1. The van der Waals surface area contributed by atoms with Crippen LogP contribution in [0.5, 0.6) is 0 Å². The molecule has 0 unspecified atom stereocenters. The van der Waals surface area contributed by atoms with E-state index in [1.165, 1.54) is 16.8 Å². The maximum atomic E-state index is 12.6. The number of ether oxygens (including phenoxy) is 3. The lowest BCUT2D eigenvalue weighted by molar-refractivity contribution is 0.00804. The normalized spacial score (nSPS) is 18.2. The third-order valence-electron chi connectivity index (χ3n) is 4.88. The van der Waals surface area contributed by atoms with Crippen LogP contribution in [0.15, 0.2) is 17.1 Å². The van der Waals surface area contributed by atoms with Gasteiger partial charge in [-0.15, -0.1) is 0 Å². The minimum atomic E-state index is -0.901. The van der Waals surface area contributed by atoms with Crippen LogP contribution < -0.4 is 10.6 Å². The molecule has 2 rings (SSSR count). The zero-order valence-corrected chi connectivity index (χ0v) is 18.2. The predicted octanol–water partition coefficient (Wildman–Crippen LogP) is 4.40. The van der Waals surface area contributed by atoms with Crippen LogP contribution in [0.2, 0.25) is 0 Å². The molecule has 1 aromatic rings. The van der Waals surface area contributed by atoms with Crippen molar-refractivity contribution >= 4 is 18.0 Å². The first-order chi connectivity index (χ1) is 14.5. The van der Waals surface area contributed by atoms with Crippen molar-refractivity contribution in [3.8, 4) is 0 Å². The average Bonchev–Trinajstić information content (AvgIpc) is 3.15. The van der Waals surface area contributed by atoms with Gasteiger partial charge in [0.25, 0.3) is 0 Å². The summed E-state index contributed by atoms with van der Waals surface area (Å²) in [6, 6.07) is 1.42. The third-order valence-corrected chi connectivity index (χ3v) is 4.88. The first-order valence-corrected chi connectivity index (χ1v) is 10.9. The van der Waals surface area contributed by atoms with Crippen molar-refractivity contribution in [1.82, 2.24) is 9.55 Å². The SMILES string of the molecule is CCCCCOC(=O)N(C(=O)OCCCCC)c1ccn([C@H]2CC[C@@H](C)O2)c(=O)n1. The molecule has 1 saturated heterocycles. The molecule has 2 heterocycles. The molecule has 30 heavy (non-hydrogen) atoms. The summed E-state index contributed by atoms with van der Waals surface area (Å²) in [6.07, 6.45) is 6.03. The van der Waals surface area contributed by atoms with Crippen molar-refractivity contribution in [3.63, 3.8) is 0 Å². The Bertz CT molecular complexity index is 727.